The number of rotatable bonds is 1. The summed E-state index contributed by atoms with van der Waals surface area (Å²) >= 11 is 6.11. The van der Waals surface area contributed by atoms with Gasteiger partial charge in [-0.25, -0.2) is 0 Å². The minimum Gasteiger partial charge on any atom is -0.508 e. The van der Waals surface area contributed by atoms with E-state index in [1.54, 1.807) is 0 Å². The van der Waals surface area contributed by atoms with Crippen molar-refractivity contribution in [2.24, 2.45) is 17.3 Å². The molecule has 2 N–H and O–H groups in total. The number of halogens is 1. The number of alkyl halides is 1. The molecule has 0 radical (unpaired) electrons. The van der Waals surface area contributed by atoms with Crippen molar-refractivity contribution in [3.05, 3.63) is 29.3 Å². The van der Waals surface area contributed by atoms with Crippen molar-refractivity contribution in [1.82, 2.24) is 0 Å². The molecule has 0 aliphatic heterocycles. The Kier molecular flexibility index (Phi) is 4.69. The fraction of sp³-hybridized carbons (Fsp3) is 0.652. The lowest BCUT2D eigenvalue weighted by Crippen LogP contribution is -2.50. The van der Waals surface area contributed by atoms with E-state index in [-0.39, 0.29) is 5.41 Å². The van der Waals surface area contributed by atoms with Crippen molar-refractivity contribution in [1.29, 1.82) is 0 Å². The Balaban J connectivity index is 1.65. The monoisotopic (exact) mass is 402 g/mol. The summed E-state index contributed by atoms with van der Waals surface area (Å²) in [6, 6.07) is 5.93. The van der Waals surface area contributed by atoms with E-state index < -0.39 is 13.7 Å². The van der Waals surface area contributed by atoms with Gasteiger partial charge in [0.05, 0.1) is 0 Å². The molecule has 146 valence electrons. The summed E-state index contributed by atoms with van der Waals surface area (Å²) in [6.07, 6.45) is 6.18. The first-order valence-electron chi connectivity index (χ1n) is 10.3. The molecule has 0 amide bonds. The molecule has 1 aromatic carbocycles. The second kappa shape index (κ2) is 6.54. The third-order valence-electron chi connectivity index (χ3n) is 7.80. The summed E-state index contributed by atoms with van der Waals surface area (Å²) in [5.41, 5.74) is 5.81. The molecular weight excluding hydrogens is 372 g/mol. The van der Waals surface area contributed by atoms with Crippen LogP contribution in [0, 0.1) is 28.7 Å². The molecule has 4 heteroatoms. The van der Waals surface area contributed by atoms with Crippen LogP contribution in [0.3, 0.4) is 0 Å². The van der Waals surface area contributed by atoms with Gasteiger partial charge < -0.3 is 10.2 Å². The van der Waals surface area contributed by atoms with E-state index in [1.165, 1.54) is 11.1 Å². The summed E-state index contributed by atoms with van der Waals surface area (Å²) in [4.78, 5) is 0. The number of hydrogen-bond acceptors (Lipinski definition) is 2. The van der Waals surface area contributed by atoms with Crippen molar-refractivity contribution in [2.45, 2.75) is 70.1 Å². The first-order valence-corrected chi connectivity index (χ1v) is 14.1. The van der Waals surface area contributed by atoms with Gasteiger partial charge in [-0.3, -0.25) is 0 Å². The van der Waals surface area contributed by atoms with Gasteiger partial charge in [-0.05, 0) is 79.5 Å². The van der Waals surface area contributed by atoms with E-state index in [1.807, 2.05) is 12.1 Å². The van der Waals surface area contributed by atoms with Crippen LogP contribution in [0.1, 0.15) is 56.1 Å². The van der Waals surface area contributed by atoms with Crippen LogP contribution in [-0.4, -0.2) is 29.4 Å². The normalized spacial score (nSPS) is 37.6. The Morgan fingerprint density at radius 2 is 2.00 bits per heavy atom. The van der Waals surface area contributed by atoms with Crippen molar-refractivity contribution in [3.8, 4) is 17.2 Å². The van der Waals surface area contributed by atoms with Gasteiger partial charge in [0.2, 0.25) is 0 Å². The van der Waals surface area contributed by atoms with Gasteiger partial charge in [0.15, 0.2) is 0 Å². The first-order chi connectivity index (χ1) is 12.7. The Bertz CT molecular complexity index is 810. The van der Waals surface area contributed by atoms with Crippen LogP contribution in [0.4, 0.5) is 0 Å². The van der Waals surface area contributed by atoms with Crippen molar-refractivity contribution < 1.29 is 10.2 Å². The Morgan fingerprint density at radius 3 is 2.74 bits per heavy atom. The summed E-state index contributed by atoms with van der Waals surface area (Å²) < 4.78 is 0. The van der Waals surface area contributed by atoms with Crippen molar-refractivity contribution in [2.75, 3.05) is 5.50 Å². The van der Waals surface area contributed by atoms with E-state index in [9.17, 15) is 10.2 Å². The van der Waals surface area contributed by atoms with Gasteiger partial charge >= 0.3 is 0 Å². The molecule has 2 nitrogen and oxygen atoms in total. The smallest absolute Gasteiger partial charge is 0.146 e. The number of aliphatic hydroxyl groups is 1. The summed E-state index contributed by atoms with van der Waals surface area (Å²) in [6.45, 7) is 6.64. The van der Waals surface area contributed by atoms with Gasteiger partial charge in [-0.15, -0.1) is 17.1 Å². The van der Waals surface area contributed by atoms with Gasteiger partial charge in [0, 0.05) is 10.9 Å². The van der Waals surface area contributed by atoms with E-state index in [2.05, 4.69) is 37.5 Å². The molecular formula is C23H31ClO2Si. The number of aryl methyl sites for hydroxylation is 1. The van der Waals surface area contributed by atoms with Crippen LogP contribution in [0.25, 0.3) is 0 Å². The van der Waals surface area contributed by atoms with Crippen LogP contribution >= 0.6 is 11.6 Å². The molecule has 3 aliphatic rings. The maximum absolute atomic E-state index is 11.6. The van der Waals surface area contributed by atoms with Crippen LogP contribution in [0.15, 0.2) is 18.2 Å². The lowest BCUT2D eigenvalue weighted by atomic mass is 9.53. The highest BCUT2D eigenvalue weighted by atomic mass is 35.5. The summed E-state index contributed by atoms with van der Waals surface area (Å²) in [5.74, 6) is 5.45. The van der Waals surface area contributed by atoms with E-state index in [0.717, 1.165) is 38.5 Å². The lowest BCUT2D eigenvalue weighted by Gasteiger charge is -2.52. The van der Waals surface area contributed by atoms with E-state index in [0.29, 0.717) is 29.0 Å². The van der Waals surface area contributed by atoms with Gasteiger partial charge in [0.1, 0.15) is 19.4 Å². The summed E-state index contributed by atoms with van der Waals surface area (Å²) in [5, 5.41) is 21.4. The maximum Gasteiger partial charge on any atom is 0.146 e. The summed E-state index contributed by atoms with van der Waals surface area (Å²) in [7, 11) is -1.75. The van der Waals surface area contributed by atoms with Crippen molar-refractivity contribution >= 4 is 19.7 Å². The van der Waals surface area contributed by atoms with Crippen LogP contribution in [-0.2, 0) is 6.42 Å². The number of phenolic OH excluding ortho intramolecular Hbond substituents is 1. The van der Waals surface area contributed by atoms with Crippen LogP contribution in [0.2, 0.25) is 13.1 Å². The highest BCUT2D eigenvalue weighted by molar-refractivity contribution is 6.89. The third-order valence-corrected chi connectivity index (χ3v) is 11.3. The molecule has 2 fully saturated rings. The lowest BCUT2D eigenvalue weighted by molar-refractivity contribution is -0.0647. The van der Waals surface area contributed by atoms with Crippen LogP contribution in [0.5, 0.6) is 5.75 Å². The Morgan fingerprint density at radius 1 is 1.22 bits per heavy atom. The predicted molar refractivity (Wildman–Crippen MR) is 114 cm³/mol. The molecule has 0 bridgehead atoms. The minimum absolute atomic E-state index is 0.119. The fourth-order valence-corrected chi connectivity index (χ4v) is 6.91. The fourth-order valence-electron chi connectivity index (χ4n) is 6.10. The van der Waals surface area contributed by atoms with Gasteiger partial charge in [0.25, 0.3) is 0 Å². The molecule has 27 heavy (non-hydrogen) atoms. The van der Waals surface area contributed by atoms with E-state index in [4.69, 9.17) is 11.6 Å². The molecule has 0 heterocycles. The Labute approximate surface area is 169 Å². The molecule has 0 saturated heterocycles. The molecule has 0 unspecified atom stereocenters. The first kappa shape index (κ1) is 19.4. The molecule has 3 aliphatic carbocycles. The second-order valence-corrected chi connectivity index (χ2v) is 15.0. The average molecular weight is 403 g/mol. The van der Waals surface area contributed by atoms with Crippen LogP contribution < -0.4 is 0 Å². The molecule has 5 atom stereocenters. The molecule has 0 spiro atoms. The number of benzene rings is 1. The standard InChI is InChI=1S/C23H31ClO2Si/c1-22-10-8-19-18-7-5-17(25)14-16(18)4-6-20(19)21(22)9-11-23(22,26)12-13-27(2,3)15-24/h5,7,14,19-21,25-26H,4,6,8-11,15H2,1-3H3/t19-,20-,21+,22+,23-/m1/s1. The maximum atomic E-state index is 11.6. The molecule has 2 saturated carbocycles. The van der Waals surface area contributed by atoms with Gasteiger partial charge in [-0.1, -0.05) is 32.0 Å². The molecule has 4 rings (SSSR count). The van der Waals surface area contributed by atoms with E-state index >= 15 is 0 Å². The number of phenols is 1. The zero-order valence-corrected chi connectivity index (χ0v) is 18.4. The quantitative estimate of drug-likeness (QED) is 0.394. The largest absolute Gasteiger partial charge is 0.508 e. The zero-order valence-electron chi connectivity index (χ0n) is 16.7. The predicted octanol–water partition coefficient (Wildman–Crippen LogP) is 5.01. The average Bonchev–Trinajstić information content (AvgIpc) is 2.91. The number of fused-ring (bicyclic) bond motifs is 5. The van der Waals surface area contributed by atoms with Gasteiger partial charge in [-0.2, -0.15) is 0 Å². The number of aromatic hydroxyl groups is 1. The SMILES string of the molecule is C[C@]12CC[C@@H]3c4ccc(O)cc4CC[C@H]3[C@@H]1CC[C@@]2(O)C#C[Si](C)(C)CCl. The second-order valence-electron chi connectivity index (χ2n) is 9.92. The zero-order chi connectivity index (χ0) is 19.4. The highest BCUT2D eigenvalue weighted by Crippen LogP contribution is 2.64. The van der Waals surface area contributed by atoms with Crippen molar-refractivity contribution in [3.63, 3.8) is 0 Å². The number of hydrogen-bond donors (Lipinski definition) is 2. The third kappa shape index (κ3) is 3.05. The topological polar surface area (TPSA) is 40.5 Å². The Hall–Kier alpha value is -0.953. The molecule has 1 aromatic rings. The minimum atomic E-state index is -1.75. The highest BCUT2D eigenvalue weighted by Gasteiger charge is 2.61. The molecule has 0 aromatic heterocycles.